The summed E-state index contributed by atoms with van der Waals surface area (Å²) in [6.07, 6.45) is 2.75. The van der Waals surface area contributed by atoms with Gasteiger partial charge < -0.3 is 15.5 Å². The lowest BCUT2D eigenvalue weighted by molar-refractivity contribution is 0.164. The highest BCUT2D eigenvalue weighted by Crippen LogP contribution is 2.14. The Balaban J connectivity index is 1.72. The van der Waals surface area contributed by atoms with E-state index in [-0.39, 0.29) is 0 Å². The lowest BCUT2D eigenvalue weighted by atomic mass is 9.97. The van der Waals surface area contributed by atoms with Crippen molar-refractivity contribution in [3.8, 4) is 0 Å². The van der Waals surface area contributed by atoms with E-state index < -0.39 is 0 Å². The molecule has 3 nitrogen and oxygen atoms in total. The van der Waals surface area contributed by atoms with Gasteiger partial charge in [-0.25, -0.2) is 0 Å². The summed E-state index contributed by atoms with van der Waals surface area (Å²) in [5, 5.41) is 6.93. The lowest BCUT2D eigenvalue weighted by Crippen LogP contribution is -2.51. The summed E-state index contributed by atoms with van der Waals surface area (Å²) in [6.45, 7) is 9.73. The van der Waals surface area contributed by atoms with Gasteiger partial charge in [-0.3, -0.25) is 0 Å². The molecule has 0 saturated carbocycles. The van der Waals surface area contributed by atoms with Crippen molar-refractivity contribution in [2.24, 2.45) is 5.92 Å². The quantitative estimate of drug-likeness (QED) is 0.666. The third kappa shape index (κ3) is 2.94. The van der Waals surface area contributed by atoms with E-state index in [1.165, 1.54) is 52.1 Å². The van der Waals surface area contributed by atoms with Gasteiger partial charge in [0, 0.05) is 32.2 Å². The summed E-state index contributed by atoms with van der Waals surface area (Å²) in [6, 6.07) is 0.686. The zero-order valence-electron chi connectivity index (χ0n) is 9.26. The van der Waals surface area contributed by atoms with Gasteiger partial charge in [0.05, 0.1) is 0 Å². The van der Waals surface area contributed by atoms with Crippen LogP contribution in [0.3, 0.4) is 0 Å². The fourth-order valence-corrected chi connectivity index (χ4v) is 2.61. The van der Waals surface area contributed by atoms with Gasteiger partial charge >= 0.3 is 0 Å². The van der Waals surface area contributed by atoms with Crippen molar-refractivity contribution < 1.29 is 0 Å². The number of nitrogens with zero attached hydrogens (tertiary/aromatic N) is 1. The average molecular weight is 197 g/mol. The first kappa shape index (κ1) is 10.4. The Hall–Kier alpha value is -0.120. The van der Waals surface area contributed by atoms with Crippen molar-refractivity contribution in [2.75, 3.05) is 39.3 Å². The van der Waals surface area contributed by atoms with Gasteiger partial charge in [0.25, 0.3) is 0 Å². The Kier molecular flexibility index (Phi) is 3.79. The predicted octanol–water partition coefficient (Wildman–Crippen LogP) is 0.280. The number of hydrogen-bond donors (Lipinski definition) is 2. The SMILES string of the molecule is C[C@H]1CN(CC2CCNCC2)CCN1. The third-order valence-corrected chi connectivity index (χ3v) is 3.43. The molecular weight excluding hydrogens is 174 g/mol. The highest BCUT2D eigenvalue weighted by Gasteiger charge is 2.20. The second-order valence-corrected chi connectivity index (χ2v) is 4.81. The van der Waals surface area contributed by atoms with Crippen LogP contribution in [0.15, 0.2) is 0 Å². The van der Waals surface area contributed by atoms with Gasteiger partial charge in [-0.15, -0.1) is 0 Å². The number of piperidine rings is 1. The van der Waals surface area contributed by atoms with E-state index in [9.17, 15) is 0 Å². The lowest BCUT2D eigenvalue weighted by Gasteiger charge is -2.35. The molecule has 0 bridgehead atoms. The molecular formula is C11H23N3. The van der Waals surface area contributed by atoms with Crippen LogP contribution in [0.4, 0.5) is 0 Å². The maximum Gasteiger partial charge on any atom is 0.0167 e. The van der Waals surface area contributed by atoms with Crippen molar-refractivity contribution in [2.45, 2.75) is 25.8 Å². The van der Waals surface area contributed by atoms with Crippen LogP contribution >= 0.6 is 0 Å². The largest absolute Gasteiger partial charge is 0.317 e. The fraction of sp³-hybridized carbons (Fsp3) is 1.00. The minimum atomic E-state index is 0.686. The second-order valence-electron chi connectivity index (χ2n) is 4.81. The normalized spacial score (nSPS) is 31.9. The summed E-state index contributed by atoms with van der Waals surface area (Å²) in [4.78, 5) is 2.64. The van der Waals surface area contributed by atoms with Crippen LogP contribution in [0.2, 0.25) is 0 Å². The Morgan fingerprint density at radius 2 is 2.00 bits per heavy atom. The van der Waals surface area contributed by atoms with Crippen LogP contribution in [-0.2, 0) is 0 Å². The smallest absolute Gasteiger partial charge is 0.0167 e. The molecule has 0 spiro atoms. The molecule has 0 aromatic heterocycles. The first-order valence-electron chi connectivity index (χ1n) is 6.01. The molecule has 0 unspecified atom stereocenters. The summed E-state index contributed by atoms with van der Waals surface area (Å²) >= 11 is 0. The molecule has 2 aliphatic heterocycles. The van der Waals surface area contributed by atoms with E-state index in [0.717, 1.165) is 5.92 Å². The molecule has 0 aromatic carbocycles. The number of hydrogen-bond acceptors (Lipinski definition) is 3. The van der Waals surface area contributed by atoms with Crippen molar-refractivity contribution in [3.05, 3.63) is 0 Å². The summed E-state index contributed by atoms with van der Waals surface area (Å²) in [5.74, 6) is 0.946. The third-order valence-electron chi connectivity index (χ3n) is 3.43. The van der Waals surface area contributed by atoms with Crippen LogP contribution in [0.25, 0.3) is 0 Å². The van der Waals surface area contributed by atoms with Crippen LogP contribution < -0.4 is 10.6 Å². The number of rotatable bonds is 2. The van der Waals surface area contributed by atoms with Gasteiger partial charge in [-0.05, 0) is 38.8 Å². The monoisotopic (exact) mass is 197 g/mol. The highest BCUT2D eigenvalue weighted by molar-refractivity contribution is 4.78. The van der Waals surface area contributed by atoms with E-state index in [1.54, 1.807) is 0 Å². The van der Waals surface area contributed by atoms with Crippen molar-refractivity contribution in [1.29, 1.82) is 0 Å². The Morgan fingerprint density at radius 3 is 2.71 bits per heavy atom. The first-order valence-corrected chi connectivity index (χ1v) is 6.01. The molecule has 2 fully saturated rings. The molecule has 0 amide bonds. The Labute approximate surface area is 87.2 Å². The van der Waals surface area contributed by atoms with E-state index in [4.69, 9.17) is 0 Å². The molecule has 0 radical (unpaired) electrons. The van der Waals surface area contributed by atoms with E-state index >= 15 is 0 Å². The fourth-order valence-electron chi connectivity index (χ4n) is 2.61. The van der Waals surface area contributed by atoms with Crippen molar-refractivity contribution in [1.82, 2.24) is 15.5 Å². The van der Waals surface area contributed by atoms with Crippen molar-refractivity contribution >= 4 is 0 Å². The minimum Gasteiger partial charge on any atom is -0.317 e. The molecule has 0 aromatic rings. The highest BCUT2D eigenvalue weighted by atomic mass is 15.2. The zero-order chi connectivity index (χ0) is 9.80. The van der Waals surface area contributed by atoms with E-state index in [2.05, 4.69) is 22.5 Å². The number of nitrogens with one attached hydrogen (secondary N) is 2. The molecule has 2 aliphatic rings. The van der Waals surface area contributed by atoms with Crippen molar-refractivity contribution in [3.63, 3.8) is 0 Å². The molecule has 2 rings (SSSR count). The maximum atomic E-state index is 3.50. The first-order chi connectivity index (χ1) is 6.84. The van der Waals surface area contributed by atoms with E-state index in [1.807, 2.05) is 0 Å². The molecule has 2 heterocycles. The number of piperazine rings is 1. The van der Waals surface area contributed by atoms with Gasteiger partial charge in [0.1, 0.15) is 0 Å². The van der Waals surface area contributed by atoms with Crippen LogP contribution in [0.1, 0.15) is 19.8 Å². The summed E-state index contributed by atoms with van der Waals surface area (Å²) in [5.41, 5.74) is 0. The summed E-state index contributed by atoms with van der Waals surface area (Å²) in [7, 11) is 0. The molecule has 0 aliphatic carbocycles. The zero-order valence-corrected chi connectivity index (χ0v) is 9.26. The van der Waals surface area contributed by atoms with E-state index in [0.29, 0.717) is 6.04 Å². The molecule has 1 atom stereocenters. The van der Waals surface area contributed by atoms with Crippen LogP contribution in [0, 0.1) is 5.92 Å². The Bertz CT molecular complexity index is 166. The van der Waals surface area contributed by atoms with Gasteiger partial charge in [-0.2, -0.15) is 0 Å². The second kappa shape index (κ2) is 5.10. The summed E-state index contributed by atoms with van der Waals surface area (Å²) < 4.78 is 0. The molecule has 2 saturated heterocycles. The molecule has 2 N–H and O–H groups in total. The standard InChI is InChI=1S/C11H23N3/c1-10-8-14(7-6-13-10)9-11-2-4-12-5-3-11/h10-13H,2-9H2,1H3/t10-/m0/s1. The molecule has 3 heteroatoms. The average Bonchev–Trinajstić information content (AvgIpc) is 2.19. The minimum absolute atomic E-state index is 0.686. The van der Waals surface area contributed by atoms with Gasteiger partial charge in [-0.1, -0.05) is 0 Å². The van der Waals surface area contributed by atoms with Crippen LogP contribution in [0.5, 0.6) is 0 Å². The van der Waals surface area contributed by atoms with Gasteiger partial charge in [0.15, 0.2) is 0 Å². The topological polar surface area (TPSA) is 27.3 Å². The predicted molar refractivity (Wildman–Crippen MR) is 59.5 cm³/mol. The van der Waals surface area contributed by atoms with Crippen LogP contribution in [-0.4, -0.2) is 50.2 Å². The molecule has 82 valence electrons. The Morgan fingerprint density at radius 1 is 1.21 bits per heavy atom. The molecule has 14 heavy (non-hydrogen) atoms. The van der Waals surface area contributed by atoms with Gasteiger partial charge in [0.2, 0.25) is 0 Å². The maximum absolute atomic E-state index is 3.50.